The van der Waals surface area contributed by atoms with E-state index in [9.17, 15) is 0 Å². The fourth-order valence-corrected chi connectivity index (χ4v) is 1.19. The van der Waals surface area contributed by atoms with Gasteiger partial charge in [-0.15, -0.1) is 6.58 Å². The van der Waals surface area contributed by atoms with Gasteiger partial charge in [-0.3, -0.25) is 0 Å². The molecule has 0 aliphatic rings. The topological polar surface area (TPSA) is 66.5 Å². The summed E-state index contributed by atoms with van der Waals surface area (Å²) in [5, 5.41) is 3.18. The summed E-state index contributed by atoms with van der Waals surface area (Å²) in [6.45, 7) is 4.47. The highest BCUT2D eigenvalue weighted by molar-refractivity contribution is 5.81. The molecule has 0 spiro atoms. The first-order valence-electron chi connectivity index (χ1n) is 4.40. The molecule has 0 aliphatic heterocycles. The van der Waals surface area contributed by atoms with Crippen molar-refractivity contribution in [1.29, 1.82) is 0 Å². The summed E-state index contributed by atoms with van der Waals surface area (Å²) in [6, 6.07) is 0. The summed E-state index contributed by atoms with van der Waals surface area (Å²) >= 11 is 0. The van der Waals surface area contributed by atoms with Crippen LogP contribution in [-0.4, -0.2) is 26.5 Å². The maximum absolute atomic E-state index is 4.12. The van der Waals surface area contributed by atoms with Crippen LogP contribution >= 0.6 is 0 Å². The predicted octanol–water partition coefficient (Wildman–Crippen LogP) is 1.34. The van der Waals surface area contributed by atoms with Crippen LogP contribution in [0.1, 0.15) is 6.42 Å². The van der Waals surface area contributed by atoms with Gasteiger partial charge in [-0.1, -0.05) is 6.08 Å². The van der Waals surface area contributed by atoms with Gasteiger partial charge in [-0.05, 0) is 6.42 Å². The van der Waals surface area contributed by atoms with Gasteiger partial charge in [0.2, 0.25) is 0 Å². The van der Waals surface area contributed by atoms with Gasteiger partial charge in [0.25, 0.3) is 0 Å². The van der Waals surface area contributed by atoms with Crippen molar-refractivity contribution < 1.29 is 0 Å². The average Bonchev–Trinajstić information content (AvgIpc) is 2.67. The molecular weight excluding hydrogens is 178 g/mol. The van der Waals surface area contributed by atoms with Crippen molar-refractivity contribution in [3.05, 3.63) is 25.3 Å². The van der Waals surface area contributed by atoms with E-state index in [0.29, 0.717) is 5.65 Å². The second kappa shape index (κ2) is 3.87. The first kappa shape index (κ1) is 8.68. The molecule has 0 radical (unpaired) electrons. The molecule has 0 saturated carbocycles. The Labute approximate surface area is 81.3 Å². The quantitative estimate of drug-likeness (QED) is 0.562. The molecule has 0 amide bonds. The monoisotopic (exact) mass is 189 g/mol. The number of hydrogen-bond donors (Lipinski definition) is 2. The van der Waals surface area contributed by atoms with E-state index in [2.05, 4.69) is 31.8 Å². The second-order valence-corrected chi connectivity index (χ2v) is 2.83. The lowest BCUT2D eigenvalue weighted by atomic mass is 10.4. The lowest BCUT2D eigenvalue weighted by Gasteiger charge is -2.02. The Morgan fingerprint density at radius 2 is 2.36 bits per heavy atom. The summed E-state index contributed by atoms with van der Waals surface area (Å²) in [4.78, 5) is 15.2. The number of fused-ring (bicyclic) bond motifs is 1. The van der Waals surface area contributed by atoms with Gasteiger partial charge in [0, 0.05) is 6.54 Å². The largest absolute Gasteiger partial charge is 0.368 e. The van der Waals surface area contributed by atoms with Crippen LogP contribution in [0.15, 0.2) is 25.3 Å². The van der Waals surface area contributed by atoms with Crippen LogP contribution in [0, 0.1) is 0 Å². The number of nitrogens with zero attached hydrogens (tertiary/aromatic N) is 3. The normalized spacial score (nSPS) is 10.3. The first-order chi connectivity index (χ1) is 6.92. The smallest absolute Gasteiger partial charge is 0.182 e. The third kappa shape index (κ3) is 1.56. The van der Waals surface area contributed by atoms with E-state index in [1.165, 1.54) is 6.33 Å². The maximum Gasteiger partial charge on any atom is 0.182 e. The molecular formula is C9H11N5. The van der Waals surface area contributed by atoms with Gasteiger partial charge in [-0.25, -0.2) is 15.0 Å². The van der Waals surface area contributed by atoms with Crippen LogP contribution < -0.4 is 5.32 Å². The minimum atomic E-state index is 0.682. The van der Waals surface area contributed by atoms with Crippen molar-refractivity contribution in [2.75, 3.05) is 11.9 Å². The Bertz CT molecular complexity index is 433. The van der Waals surface area contributed by atoms with E-state index in [-0.39, 0.29) is 0 Å². The molecule has 0 aromatic carbocycles. The Hall–Kier alpha value is -1.91. The lowest BCUT2D eigenvalue weighted by molar-refractivity contribution is 1.05. The van der Waals surface area contributed by atoms with Crippen molar-refractivity contribution in [3.8, 4) is 0 Å². The van der Waals surface area contributed by atoms with Crippen LogP contribution in [0.5, 0.6) is 0 Å². The lowest BCUT2D eigenvalue weighted by Crippen LogP contribution is -2.03. The molecule has 72 valence electrons. The zero-order valence-electron chi connectivity index (χ0n) is 7.70. The number of H-pyrrole nitrogens is 1. The van der Waals surface area contributed by atoms with Crippen molar-refractivity contribution in [3.63, 3.8) is 0 Å². The molecule has 0 aliphatic carbocycles. The highest BCUT2D eigenvalue weighted by Gasteiger charge is 2.03. The average molecular weight is 189 g/mol. The first-order valence-corrected chi connectivity index (χ1v) is 4.40. The van der Waals surface area contributed by atoms with Crippen molar-refractivity contribution in [2.24, 2.45) is 0 Å². The number of rotatable bonds is 4. The van der Waals surface area contributed by atoms with Crippen LogP contribution in [0.25, 0.3) is 11.2 Å². The van der Waals surface area contributed by atoms with Gasteiger partial charge in [0.1, 0.15) is 11.8 Å². The maximum atomic E-state index is 4.12. The summed E-state index contributed by atoms with van der Waals surface area (Å²) in [5.41, 5.74) is 1.53. The van der Waals surface area contributed by atoms with Gasteiger partial charge in [0.15, 0.2) is 11.5 Å². The molecule has 5 nitrogen and oxygen atoms in total. The van der Waals surface area contributed by atoms with Gasteiger partial charge in [0.05, 0.1) is 6.33 Å². The van der Waals surface area contributed by atoms with Crippen LogP contribution in [0.2, 0.25) is 0 Å². The van der Waals surface area contributed by atoms with Crippen molar-refractivity contribution in [2.45, 2.75) is 6.42 Å². The van der Waals surface area contributed by atoms with Crippen LogP contribution in [0.3, 0.4) is 0 Å². The number of hydrogen-bond acceptors (Lipinski definition) is 4. The van der Waals surface area contributed by atoms with Crippen LogP contribution in [0.4, 0.5) is 5.82 Å². The molecule has 14 heavy (non-hydrogen) atoms. The molecule has 5 heteroatoms. The summed E-state index contributed by atoms with van der Waals surface area (Å²) < 4.78 is 0. The number of anilines is 1. The second-order valence-electron chi connectivity index (χ2n) is 2.83. The molecule has 0 bridgehead atoms. The molecule has 2 aromatic rings. The van der Waals surface area contributed by atoms with E-state index in [4.69, 9.17) is 0 Å². The van der Waals surface area contributed by atoms with E-state index >= 15 is 0 Å². The molecule has 0 unspecified atom stereocenters. The minimum absolute atomic E-state index is 0.682. The third-order valence-corrected chi connectivity index (χ3v) is 1.86. The third-order valence-electron chi connectivity index (χ3n) is 1.86. The molecule has 0 saturated heterocycles. The zero-order chi connectivity index (χ0) is 9.80. The fraction of sp³-hybridized carbons (Fsp3) is 0.222. The molecule has 0 fully saturated rings. The number of aromatic amines is 1. The van der Waals surface area contributed by atoms with Crippen molar-refractivity contribution >= 4 is 17.0 Å². The Morgan fingerprint density at radius 1 is 1.43 bits per heavy atom. The van der Waals surface area contributed by atoms with Gasteiger partial charge >= 0.3 is 0 Å². The van der Waals surface area contributed by atoms with E-state index < -0.39 is 0 Å². The van der Waals surface area contributed by atoms with E-state index in [0.717, 1.165) is 24.3 Å². The Kier molecular flexibility index (Phi) is 2.40. The SMILES string of the molecule is C=CCCNc1ncnc2nc[nH]c12. The highest BCUT2D eigenvalue weighted by atomic mass is 15.1. The molecule has 2 rings (SSSR count). The summed E-state index contributed by atoms with van der Waals surface area (Å²) in [7, 11) is 0. The summed E-state index contributed by atoms with van der Waals surface area (Å²) in [5.74, 6) is 0.786. The van der Waals surface area contributed by atoms with E-state index in [1.807, 2.05) is 6.08 Å². The number of nitrogens with one attached hydrogen (secondary N) is 2. The van der Waals surface area contributed by atoms with Crippen molar-refractivity contribution in [1.82, 2.24) is 19.9 Å². The highest BCUT2D eigenvalue weighted by Crippen LogP contribution is 2.13. The fourth-order valence-electron chi connectivity index (χ4n) is 1.19. The van der Waals surface area contributed by atoms with Crippen LogP contribution in [-0.2, 0) is 0 Å². The van der Waals surface area contributed by atoms with E-state index in [1.54, 1.807) is 6.33 Å². The number of imidazole rings is 1. The standard InChI is InChI=1S/C9H11N5/c1-2-3-4-10-8-7-9(12-5-11-7)14-6-13-8/h2,5-6H,1,3-4H2,(H2,10,11,12,13,14). The van der Waals surface area contributed by atoms with Gasteiger partial charge in [-0.2, -0.15) is 0 Å². The Balaban J connectivity index is 2.23. The molecule has 2 aromatic heterocycles. The molecule has 2 heterocycles. The molecule has 0 atom stereocenters. The summed E-state index contributed by atoms with van der Waals surface area (Å²) in [6.07, 6.45) is 5.87. The zero-order valence-corrected chi connectivity index (χ0v) is 7.70. The number of aromatic nitrogens is 4. The Morgan fingerprint density at radius 3 is 3.21 bits per heavy atom. The molecule has 2 N–H and O–H groups in total. The van der Waals surface area contributed by atoms with Gasteiger partial charge < -0.3 is 10.3 Å². The predicted molar refractivity (Wildman–Crippen MR) is 55.0 cm³/mol. The minimum Gasteiger partial charge on any atom is -0.368 e.